The molecule has 0 unspecified atom stereocenters. The summed E-state index contributed by atoms with van der Waals surface area (Å²) in [6.45, 7) is 7.00. The highest BCUT2D eigenvalue weighted by molar-refractivity contribution is 5.41. The second-order valence-electron chi connectivity index (χ2n) is 5.56. The maximum absolute atomic E-state index is 13.3. The number of hydrogen-bond donors (Lipinski definition) is 1. The van der Waals surface area contributed by atoms with E-state index in [1.165, 1.54) is 23.3 Å². The maximum atomic E-state index is 13.3. The van der Waals surface area contributed by atoms with Crippen molar-refractivity contribution in [3.63, 3.8) is 0 Å². The van der Waals surface area contributed by atoms with Gasteiger partial charge in [0.25, 0.3) is 0 Å². The molecule has 2 aromatic carbocycles. The first-order valence-electron chi connectivity index (χ1n) is 7.22. The number of aryl methyl sites for hydroxylation is 1. The second-order valence-corrected chi connectivity index (χ2v) is 5.56. The summed E-state index contributed by atoms with van der Waals surface area (Å²) >= 11 is 0. The molecule has 0 amide bonds. The highest BCUT2D eigenvalue weighted by Gasteiger charge is 2.09. The van der Waals surface area contributed by atoms with Crippen molar-refractivity contribution in [2.75, 3.05) is 7.05 Å². The van der Waals surface area contributed by atoms with Crippen LogP contribution in [0.1, 0.15) is 36.5 Å². The van der Waals surface area contributed by atoms with Crippen molar-refractivity contribution in [2.24, 2.45) is 0 Å². The van der Waals surface area contributed by atoms with E-state index in [9.17, 15) is 4.39 Å². The van der Waals surface area contributed by atoms with Crippen molar-refractivity contribution in [2.45, 2.75) is 33.2 Å². The third kappa shape index (κ3) is 3.82. The van der Waals surface area contributed by atoms with Crippen LogP contribution in [0.4, 0.5) is 4.39 Å². The van der Waals surface area contributed by atoms with Crippen LogP contribution in [0.15, 0.2) is 36.4 Å². The molecule has 0 radical (unpaired) electrons. The van der Waals surface area contributed by atoms with Crippen molar-refractivity contribution in [3.05, 3.63) is 58.9 Å². The van der Waals surface area contributed by atoms with Gasteiger partial charge in [-0.15, -0.1) is 0 Å². The van der Waals surface area contributed by atoms with Crippen molar-refractivity contribution in [1.82, 2.24) is 5.32 Å². The van der Waals surface area contributed by atoms with E-state index in [0.717, 1.165) is 11.3 Å². The summed E-state index contributed by atoms with van der Waals surface area (Å²) in [7, 11) is 1.83. The Morgan fingerprint density at radius 2 is 1.90 bits per heavy atom. The van der Waals surface area contributed by atoms with Crippen LogP contribution in [0, 0.1) is 12.7 Å². The summed E-state index contributed by atoms with van der Waals surface area (Å²) in [6, 6.07) is 10.7. The Hall–Kier alpha value is -1.87. The number of ether oxygens (including phenoxy) is 1. The molecule has 0 aliphatic rings. The Kier molecular flexibility index (Phi) is 4.97. The molecule has 112 valence electrons. The lowest BCUT2D eigenvalue weighted by Gasteiger charge is -2.14. The Bertz CT molecular complexity index is 623. The van der Waals surface area contributed by atoms with Crippen LogP contribution in [-0.2, 0) is 6.54 Å². The number of benzene rings is 2. The monoisotopic (exact) mass is 287 g/mol. The molecule has 2 nitrogen and oxygen atoms in total. The Morgan fingerprint density at radius 1 is 1.14 bits per heavy atom. The van der Waals surface area contributed by atoms with Gasteiger partial charge >= 0.3 is 0 Å². The lowest BCUT2D eigenvalue weighted by molar-refractivity contribution is 0.471. The van der Waals surface area contributed by atoms with E-state index in [1.54, 1.807) is 6.07 Å². The van der Waals surface area contributed by atoms with Gasteiger partial charge in [0.15, 0.2) is 0 Å². The zero-order chi connectivity index (χ0) is 15.4. The molecule has 0 saturated carbocycles. The predicted octanol–water partition coefficient (Wildman–Crippen LogP) is 4.77. The quantitative estimate of drug-likeness (QED) is 0.855. The van der Waals surface area contributed by atoms with Gasteiger partial charge in [-0.1, -0.05) is 19.9 Å². The van der Waals surface area contributed by atoms with Crippen LogP contribution >= 0.6 is 0 Å². The number of hydrogen-bond acceptors (Lipinski definition) is 2. The highest BCUT2D eigenvalue weighted by atomic mass is 19.1. The van der Waals surface area contributed by atoms with E-state index in [2.05, 4.69) is 32.2 Å². The fourth-order valence-electron chi connectivity index (χ4n) is 2.46. The van der Waals surface area contributed by atoms with Gasteiger partial charge in [0, 0.05) is 12.1 Å². The number of rotatable bonds is 5. The molecule has 2 aromatic rings. The predicted molar refractivity (Wildman–Crippen MR) is 84.5 cm³/mol. The molecular weight excluding hydrogens is 265 g/mol. The fourth-order valence-corrected chi connectivity index (χ4v) is 2.46. The van der Waals surface area contributed by atoms with Crippen molar-refractivity contribution in [3.8, 4) is 11.5 Å². The standard InChI is InChI=1S/C18H22FNO/c1-12(2)17-7-6-16(9-13(17)3)21-18-8-5-15(19)10-14(18)11-20-4/h5-10,12,20H,11H2,1-4H3. The molecule has 0 bridgehead atoms. The molecular formula is C18H22FNO. The summed E-state index contributed by atoms with van der Waals surface area (Å²) in [5.41, 5.74) is 3.33. The van der Waals surface area contributed by atoms with Gasteiger partial charge in [-0.05, 0) is 61.3 Å². The summed E-state index contributed by atoms with van der Waals surface area (Å²) in [4.78, 5) is 0. The van der Waals surface area contributed by atoms with Gasteiger partial charge in [0.05, 0.1) is 0 Å². The molecule has 21 heavy (non-hydrogen) atoms. The minimum atomic E-state index is -0.251. The first kappa shape index (κ1) is 15.5. The molecule has 0 fully saturated rings. The van der Waals surface area contributed by atoms with Gasteiger partial charge in [0.2, 0.25) is 0 Å². The van der Waals surface area contributed by atoms with Crippen LogP contribution in [0.2, 0.25) is 0 Å². The first-order chi connectivity index (χ1) is 10.0. The molecule has 2 rings (SSSR count). The van der Waals surface area contributed by atoms with Crippen molar-refractivity contribution >= 4 is 0 Å². The summed E-state index contributed by atoms with van der Waals surface area (Å²) in [6.07, 6.45) is 0. The molecule has 0 aliphatic heterocycles. The topological polar surface area (TPSA) is 21.3 Å². The summed E-state index contributed by atoms with van der Waals surface area (Å²) in [5, 5.41) is 3.03. The van der Waals surface area contributed by atoms with Gasteiger partial charge in [-0.25, -0.2) is 4.39 Å². The summed E-state index contributed by atoms with van der Waals surface area (Å²) in [5.74, 6) is 1.70. The third-order valence-electron chi connectivity index (χ3n) is 3.48. The lowest BCUT2D eigenvalue weighted by Crippen LogP contribution is -2.06. The summed E-state index contributed by atoms with van der Waals surface area (Å²) < 4.78 is 19.3. The number of nitrogens with one attached hydrogen (secondary N) is 1. The third-order valence-corrected chi connectivity index (χ3v) is 3.48. The Morgan fingerprint density at radius 3 is 2.52 bits per heavy atom. The van der Waals surface area contributed by atoms with E-state index < -0.39 is 0 Å². The molecule has 0 saturated heterocycles. The van der Waals surface area contributed by atoms with Crippen LogP contribution < -0.4 is 10.1 Å². The average molecular weight is 287 g/mol. The maximum Gasteiger partial charge on any atom is 0.132 e. The SMILES string of the molecule is CNCc1cc(F)ccc1Oc1ccc(C(C)C)c(C)c1. The lowest BCUT2D eigenvalue weighted by atomic mass is 9.98. The Balaban J connectivity index is 2.28. The molecule has 0 heterocycles. The van der Waals surface area contributed by atoms with Gasteiger partial charge in [-0.3, -0.25) is 0 Å². The fraction of sp³-hybridized carbons (Fsp3) is 0.333. The van der Waals surface area contributed by atoms with Gasteiger partial charge in [-0.2, -0.15) is 0 Å². The van der Waals surface area contributed by atoms with Crippen LogP contribution in [0.3, 0.4) is 0 Å². The van der Waals surface area contributed by atoms with Crippen LogP contribution in [-0.4, -0.2) is 7.05 Å². The number of halogens is 1. The average Bonchev–Trinajstić information content (AvgIpc) is 2.42. The molecule has 3 heteroatoms. The van der Waals surface area contributed by atoms with Crippen molar-refractivity contribution < 1.29 is 9.13 Å². The molecule has 0 spiro atoms. The smallest absolute Gasteiger partial charge is 0.132 e. The zero-order valence-electron chi connectivity index (χ0n) is 13.0. The normalized spacial score (nSPS) is 11.0. The zero-order valence-corrected chi connectivity index (χ0v) is 13.0. The minimum absolute atomic E-state index is 0.251. The van der Waals surface area contributed by atoms with Crippen LogP contribution in [0.25, 0.3) is 0 Å². The van der Waals surface area contributed by atoms with E-state index in [-0.39, 0.29) is 5.82 Å². The van der Waals surface area contributed by atoms with E-state index in [4.69, 9.17) is 4.74 Å². The van der Waals surface area contributed by atoms with Gasteiger partial charge < -0.3 is 10.1 Å². The minimum Gasteiger partial charge on any atom is -0.457 e. The van der Waals surface area contributed by atoms with Crippen molar-refractivity contribution in [1.29, 1.82) is 0 Å². The van der Waals surface area contributed by atoms with Crippen LogP contribution in [0.5, 0.6) is 11.5 Å². The van der Waals surface area contributed by atoms with Gasteiger partial charge in [0.1, 0.15) is 17.3 Å². The molecule has 0 atom stereocenters. The highest BCUT2D eigenvalue weighted by Crippen LogP contribution is 2.29. The molecule has 0 aromatic heterocycles. The second kappa shape index (κ2) is 6.72. The van der Waals surface area contributed by atoms with E-state index in [0.29, 0.717) is 18.2 Å². The Labute approximate surface area is 126 Å². The molecule has 0 aliphatic carbocycles. The molecule has 1 N–H and O–H groups in total. The van der Waals surface area contributed by atoms with E-state index in [1.807, 2.05) is 19.2 Å². The largest absolute Gasteiger partial charge is 0.457 e. The van der Waals surface area contributed by atoms with E-state index >= 15 is 0 Å². The first-order valence-corrected chi connectivity index (χ1v) is 7.22.